The van der Waals surface area contributed by atoms with Gasteiger partial charge in [-0.25, -0.2) is 0 Å². The molecule has 0 saturated heterocycles. The van der Waals surface area contributed by atoms with E-state index in [0.29, 0.717) is 16.6 Å². The minimum absolute atomic E-state index is 0.509. The van der Waals surface area contributed by atoms with E-state index in [1.165, 1.54) is 38.5 Å². The average Bonchev–Trinajstić information content (AvgIpc) is 2.72. The van der Waals surface area contributed by atoms with Gasteiger partial charge < -0.3 is 10.6 Å². The Morgan fingerprint density at radius 3 is 2.60 bits per heavy atom. The van der Waals surface area contributed by atoms with Gasteiger partial charge in [-0.15, -0.1) is 0 Å². The summed E-state index contributed by atoms with van der Waals surface area (Å²) in [5.74, 6) is 0. The molecule has 0 aliphatic heterocycles. The molecule has 1 aliphatic rings. The number of anilines is 1. The summed E-state index contributed by atoms with van der Waals surface area (Å²) in [4.78, 5) is 0. The maximum Gasteiger partial charge on any atom is 0.103 e. The van der Waals surface area contributed by atoms with Gasteiger partial charge in [0.25, 0.3) is 0 Å². The first kappa shape index (κ1) is 15.2. The quantitative estimate of drug-likeness (QED) is 0.638. The molecule has 108 valence electrons. The maximum absolute atomic E-state index is 9.10. The molecule has 0 spiro atoms. The number of rotatable bonds is 5. The summed E-state index contributed by atoms with van der Waals surface area (Å²) >= 11 is 6.00. The van der Waals surface area contributed by atoms with E-state index in [4.69, 9.17) is 16.9 Å². The lowest BCUT2D eigenvalue weighted by molar-refractivity contribution is 0.468. The van der Waals surface area contributed by atoms with E-state index in [0.717, 1.165) is 18.8 Å². The first-order chi connectivity index (χ1) is 9.81. The summed E-state index contributed by atoms with van der Waals surface area (Å²) in [5.41, 5.74) is 1.35. The number of hydrogen-bond acceptors (Lipinski definition) is 3. The molecule has 0 unspecified atom stereocenters. The Labute approximate surface area is 126 Å². The molecule has 1 aliphatic carbocycles. The van der Waals surface area contributed by atoms with Crippen LogP contribution in [0.4, 0.5) is 5.69 Å². The summed E-state index contributed by atoms with van der Waals surface area (Å²) < 4.78 is 0. The van der Waals surface area contributed by atoms with Gasteiger partial charge in [0.1, 0.15) is 6.07 Å². The molecule has 2 rings (SSSR count). The normalized spacial score (nSPS) is 16.4. The molecule has 0 aromatic heterocycles. The van der Waals surface area contributed by atoms with Crippen molar-refractivity contribution >= 4 is 17.3 Å². The van der Waals surface area contributed by atoms with Gasteiger partial charge in [-0.3, -0.25) is 0 Å². The van der Waals surface area contributed by atoms with Crippen molar-refractivity contribution in [1.29, 1.82) is 5.26 Å². The molecular weight excluding hydrogens is 270 g/mol. The van der Waals surface area contributed by atoms with E-state index in [-0.39, 0.29) is 0 Å². The fraction of sp³-hybridized carbons (Fsp3) is 0.562. The lowest BCUT2D eigenvalue weighted by Crippen LogP contribution is -2.32. The van der Waals surface area contributed by atoms with E-state index in [2.05, 4.69) is 16.7 Å². The van der Waals surface area contributed by atoms with E-state index in [1.54, 1.807) is 6.07 Å². The number of nitriles is 1. The van der Waals surface area contributed by atoms with Crippen LogP contribution in [-0.4, -0.2) is 19.1 Å². The Morgan fingerprint density at radius 1 is 1.15 bits per heavy atom. The lowest BCUT2D eigenvalue weighted by Gasteiger charge is -2.17. The summed E-state index contributed by atoms with van der Waals surface area (Å²) in [6.45, 7) is 1.73. The van der Waals surface area contributed by atoms with Crippen LogP contribution in [0, 0.1) is 11.3 Å². The number of nitrogens with one attached hydrogen (secondary N) is 2. The molecule has 1 fully saturated rings. The van der Waals surface area contributed by atoms with Gasteiger partial charge in [0.2, 0.25) is 0 Å². The summed E-state index contributed by atoms with van der Waals surface area (Å²) in [7, 11) is 0. The monoisotopic (exact) mass is 291 g/mol. The zero-order chi connectivity index (χ0) is 14.2. The maximum atomic E-state index is 9.10. The predicted octanol–water partition coefficient (Wildman–Crippen LogP) is 3.94. The Kier molecular flexibility index (Phi) is 6.17. The number of benzene rings is 1. The van der Waals surface area contributed by atoms with Crippen LogP contribution in [0.2, 0.25) is 5.02 Å². The molecule has 0 amide bonds. The Balaban J connectivity index is 1.76. The minimum atomic E-state index is 0.509. The van der Waals surface area contributed by atoms with Crippen LogP contribution in [0.3, 0.4) is 0 Å². The largest absolute Gasteiger partial charge is 0.383 e. The molecular formula is C16H22ClN3. The van der Waals surface area contributed by atoms with Crippen molar-refractivity contribution in [2.45, 2.75) is 44.6 Å². The van der Waals surface area contributed by atoms with Crippen molar-refractivity contribution in [2.75, 3.05) is 18.4 Å². The number of halogens is 1. The SMILES string of the molecule is N#Cc1c(Cl)cccc1NCCNC1CCCCCC1. The Bertz CT molecular complexity index is 459. The van der Waals surface area contributed by atoms with Crippen molar-refractivity contribution < 1.29 is 0 Å². The fourth-order valence-electron chi connectivity index (χ4n) is 2.74. The topological polar surface area (TPSA) is 47.9 Å². The smallest absolute Gasteiger partial charge is 0.103 e. The molecule has 1 aromatic carbocycles. The molecule has 3 nitrogen and oxygen atoms in total. The van der Waals surface area contributed by atoms with Gasteiger partial charge in [0, 0.05) is 19.1 Å². The second-order valence-electron chi connectivity index (χ2n) is 5.34. The second kappa shape index (κ2) is 8.14. The third kappa shape index (κ3) is 4.40. The van der Waals surface area contributed by atoms with Gasteiger partial charge in [-0.1, -0.05) is 43.4 Å². The van der Waals surface area contributed by atoms with Crippen LogP contribution in [0.15, 0.2) is 18.2 Å². The van der Waals surface area contributed by atoms with Crippen molar-refractivity contribution in [2.24, 2.45) is 0 Å². The van der Waals surface area contributed by atoms with Crippen LogP contribution in [-0.2, 0) is 0 Å². The van der Waals surface area contributed by atoms with Gasteiger partial charge in [0.15, 0.2) is 0 Å². The van der Waals surface area contributed by atoms with E-state index in [9.17, 15) is 0 Å². The molecule has 2 N–H and O–H groups in total. The fourth-order valence-corrected chi connectivity index (χ4v) is 2.96. The zero-order valence-electron chi connectivity index (χ0n) is 11.8. The highest BCUT2D eigenvalue weighted by Crippen LogP contribution is 2.23. The first-order valence-corrected chi connectivity index (χ1v) is 7.85. The van der Waals surface area contributed by atoms with Crippen molar-refractivity contribution in [3.05, 3.63) is 28.8 Å². The highest BCUT2D eigenvalue weighted by molar-refractivity contribution is 6.32. The lowest BCUT2D eigenvalue weighted by atomic mass is 10.1. The number of nitrogens with zero attached hydrogens (tertiary/aromatic N) is 1. The van der Waals surface area contributed by atoms with Gasteiger partial charge in [-0.05, 0) is 25.0 Å². The van der Waals surface area contributed by atoms with Crippen LogP contribution in [0.25, 0.3) is 0 Å². The van der Waals surface area contributed by atoms with Gasteiger partial charge >= 0.3 is 0 Å². The Hall–Kier alpha value is -1.24. The minimum Gasteiger partial charge on any atom is -0.383 e. The molecule has 4 heteroatoms. The van der Waals surface area contributed by atoms with Gasteiger partial charge in [-0.2, -0.15) is 5.26 Å². The molecule has 20 heavy (non-hydrogen) atoms. The van der Waals surface area contributed by atoms with Crippen LogP contribution < -0.4 is 10.6 Å². The standard InChI is InChI=1S/C16H22ClN3/c17-15-8-5-9-16(14(15)12-18)20-11-10-19-13-6-3-1-2-4-7-13/h5,8-9,13,19-20H,1-4,6-7,10-11H2. The predicted molar refractivity (Wildman–Crippen MR) is 84.1 cm³/mol. The number of hydrogen-bond donors (Lipinski definition) is 2. The summed E-state index contributed by atoms with van der Waals surface area (Å²) in [6, 6.07) is 8.32. The average molecular weight is 292 g/mol. The van der Waals surface area contributed by atoms with Gasteiger partial charge in [0.05, 0.1) is 16.3 Å². The van der Waals surface area contributed by atoms with E-state index < -0.39 is 0 Å². The second-order valence-corrected chi connectivity index (χ2v) is 5.75. The van der Waals surface area contributed by atoms with Crippen molar-refractivity contribution in [1.82, 2.24) is 5.32 Å². The van der Waals surface area contributed by atoms with Crippen molar-refractivity contribution in [3.8, 4) is 6.07 Å². The third-order valence-electron chi connectivity index (χ3n) is 3.85. The molecule has 0 bridgehead atoms. The Morgan fingerprint density at radius 2 is 1.90 bits per heavy atom. The summed E-state index contributed by atoms with van der Waals surface area (Å²) in [5, 5.41) is 16.5. The molecule has 0 atom stereocenters. The highest BCUT2D eigenvalue weighted by atomic mass is 35.5. The zero-order valence-corrected chi connectivity index (χ0v) is 12.5. The molecule has 0 radical (unpaired) electrons. The molecule has 1 aromatic rings. The summed E-state index contributed by atoms with van der Waals surface area (Å²) in [6.07, 6.45) is 8.03. The van der Waals surface area contributed by atoms with E-state index in [1.807, 2.05) is 12.1 Å². The van der Waals surface area contributed by atoms with Crippen LogP contribution in [0.5, 0.6) is 0 Å². The first-order valence-electron chi connectivity index (χ1n) is 7.47. The molecule has 1 saturated carbocycles. The van der Waals surface area contributed by atoms with E-state index >= 15 is 0 Å². The highest BCUT2D eigenvalue weighted by Gasteiger charge is 2.11. The van der Waals surface area contributed by atoms with Crippen molar-refractivity contribution in [3.63, 3.8) is 0 Å². The van der Waals surface area contributed by atoms with Crippen LogP contribution in [0.1, 0.15) is 44.1 Å². The van der Waals surface area contributed by atoms with Crippen LogP contribution >= 0.6 is 11.6 Å². The third-order valence-corrected chi connectivity index (χ3v) is 4.17. The molecule has 0 heterocycles.